The third-order valence-electron chi connectivity index (χ3n) is 3.68. The van der Waals surface area contributed by atoms with E-state index in [0.717, 1.165) is 25.3 Å². The van der Waals surface area contributed by atoms with E-state index in [0.29, 0.717) is 18.5 Å². The highest BCUT2D eigenvalue weighted by atomic mass is 16.5. The molecule has 1 aromatic rings. The number of carbonyl (C=O) groups is 1. The van der Waals surface area contributed by atoms with Gasteiger partial charge in [0.15, 0.2) is 0 Å². The lowest BCUT2D eigenvalue weighted by atomic mass is 10.1. The van der Waals surface area contributed by atoms with Crippen LogP contribution in [0.2, 0.25) is 0 Å². The van der Waals surface area contributed by atoms with Crippen LogP contribution in [-0.4, -0.2) is 32.8 Å². The molecule has 1 aromatic carbocycles. The standard InChI is InChI=1S/C15H23N3O2/c1-11(16-2)13-3-5-14(6-4-13)18-15(19)17-9-12-7-8-20-10-12/h3-6,11-12,16H,7-10H2,1-2H3,(H2,17,18,19). The monoisotopic (exact) mass is 277 g/mol. The molecule has 1 aliphatic heterocycles. The Morgan fingerprint density at radius 3 is 2.75 bits per heavy atom. The van der Waals surface area contributed by atoms with Gasteiger partial charge in [0, 0.05) is 30.8 Å². The molecule has 2 atom stereocenters. The van der Waals surface area contributed by atoms with Gasteiger partial charge in [0.25, 0.3) is 0 Å². The predicted molar refractivity (Wildman–Crippen MR) is 79.9 cm³/mol. The minimum Gasteiger partial charge on any atom is -0.381 e. The zero-order chi connectivity index (χ0) is 14.4. The Morgan fingerprint density at radius 2 is 2.15 bits per heavy atom. The summed E-state index contributed by atoms with van der Waals surface area (Å²) in [4.78, 5) is 11.8. The number of amides is 2. The van der Waals surface area contributed by atoms with Gasteiger partial charge in [-0.2, -0.15) is 0 Å². The zero-order valence-corrected chi connectivity index (χ0v) is 12.1. The largest absolute Gasteiger partial charge is 0.381 e. The van der Waals surface area contributed by atoms with Crippen LogP contribution in [0.3, 0.4) is 0 Å². The van der Waals surface area contributed by atoms with Crippen molar-refractivity contribution in [2.24, 2.45) is 5.92 Å². The summed E-state index contributed by atoms with van der Waals surface area (Å²) < 4.78 is 5.28. The lowest BCUT2D eigenvalue weighted by Gasteiger charge is -2.13. The van der Waals surface area contributed by atoms with E-state index in [1.54, 1.807) is 0 Å². The van der Waals surface area contributed by atoms with Crippen LogP contribution in [0.5, 0.6) is 0 Å². The zero-order valence-electron chi connectivity index (χ0n) is 12.1. The van der Waals surface area contributed by atoms with Crippen molar-refractivity contribution in [3.05, 3.63) is 29.8 Å². The maximum atomic E-state index is 11.8. The number of ether oxygens (including phenoxy) is 1. The number of nitrogens with one attached hydrogen (secondary N) is 3. The number of anilines is 1. The summed E-state index contributed by atoms with van der Waals surface area (Å²) in [5.74, 6) is 0.444. The summed E-state index contributed by atoms with van der Waals surface area (Å²) in [7, 11) is 1.93. The highest BCUT2D eigenvalue weighted by Gasteiger charge is 2.16. The Balaban J connectivity index is 1.78. The van der Waals surface area contributed by atoms with Gasteiger partial charge < -0.3 is 20.7 Å². The smallest absolute Gasteiger partial charge is 0.319 e. The van der Waals surface area contributed by atoms with Crippen LogP contribution in [0.15, 0.2) is 24.3 Å². The van der Waals surface area contributed by atoms with Crippen molar-refractivity contribution < 1.29 is 9.53 Å². The molecule has 5 heteroatoms. The van der Waals surface area contributed by atoms with Crippen molar-refractivity contribution in [1.29, 1.82) is 0 Å². The first-order valence-corrected chi connectivity index (χ1v) is 7.09. The second-order valence-corrected chi connectivity index (χ2v) is 5.20. The van der Waals surface area contributed by atoms with Crippen molar-refractivity contribution in [3.8, 4) is 0 Å². The molecule has 1 heterocycles. The fourth-order valence-electron chi connectivity index (χ4n) is 2.18. The summed E-state index contributed by atoms with van der Waals surface area (Å²) >= 11 is 0. The van der Waals surface area contributed by atoms with E-state index >= 15 is 0 Å². The van der Waals surface area contributed by atoms with E-state index in [2.05, 4.69) is 22.9 Å². The molecular formula is C15H23N3O2. The first-order chi connectivity index (χ1) is 9.69. The van der Waals surface area contributed by atoms with Crippen molar-refractivity contribution in [3.63, 3.8) is 0 Å². The predicted octanol–water partition coefficient (Wildman–Crippen LogP) is 2.12. The van der Waals surface area contributed by atoms with Gasteiger partial charge in [0.2, 0.25) is 0 Å². The van der Waals surface area contributed by atoms with Gasteiger partial charge in [-0.1, -0.05) is 12.1 Å². The number of hydrogen-bond acceptors (Lipinski definition) is 3. The molecule has 2 rings (SSSR count). The first kappa shape index (κ1) is 14.8. The highest BCUT2D eigenvalue weighted by molar-refractivity contribution is 5.89. The Kier molecular flexibility index (Phi) is 5.38. The molecule has 5 nitrogen and oxygen atoms in total. The molecule has 0 saturated carbocycles. The summed E-state index contributed by atoms with van der Waals surface area (Å²) in [5, 5.41) is 8.90. The van der Waals surface area contributed by atoms with Crippen molar-refractivity contribution >= 4 is 11.7 Å². The lowest BCUT2D eigenvalue weighted by Crippen LogP contribution is -2.33. The Morgan fingerprint density at radius 1 is 1.40 bits per heavy atom. The van der Waals surface area contributed by atoms with E-state index in [9.17, 15) is 4.79 Å². The lowest BCUT2D eigenvalue weighted by molar-refractivity contribution is 0.185. The molecule has 0 spiro atoms. The van der Waals surface area contributed by atoms with Crippen LogP contribution < -0.4 is 16.0 Å². The second kappa shape index (κ2) is 7.26. The van der Waals surface area contributed by atoms with Crippen LogP contribution in [0, 0.1) is 5.92 Å². The van der Waals surface area contributed by atoms with Crippen LogP contribution >= 0.6 is 0 Å². The van der Waals surface area contributed by atoms with Gasteiger partial charge in [-0.15, -0.1) is 0 Å². The number of urea groups is 1. The van der Waals surface area contributed by atoms with Crippen molar-refractivity contribution in [1.82, 2.24) is 10.6 Å². The maximum absolute atomic E-state index is 11.8. The van der Waals surface area contributed by atoms with Gasteiger partial charge >= 0.3 is 6.03 Å². The third kappa shape index (κ3) is 4.21. The summed E-state index contributed by atoms with van der Waals surface area (Å²) in [6.07, 6.45) is 1.02. The number of benzene rings is 1. The molecule has 1 aliphatic rings. The number of carbonyl (C=O) groups excluding carboxylic acids is 1. The average molecular weight is 277 g/mol. The Hall–Kier alpha value is -1.59. The number of hydrogen-bond donors (Lipinski definition) is 3. The quantitative estimate of drug-likeness (QED) is 0.772. The van der Waals surface area contributed by atoms with Crippen molar-refractivity contribution in [2.75, 3.05) is 32.1 Å². The Labute approximate surface area is 120 Å². The van der Waals surface area contributed by atoms with E-state index in [1.807, 2.05) is 31.3 Å². The normalized spacial score (nSPS) is 19.6. The molecule has 0 radical (unpaired) electrons. The van der Waals surface area contributed by atoms with E-state index in [4.69, 9.17) is 4.74 Å². The summed E-state index contributed by atoms with van der Waals surface area (Å²) in [6, 6.07) is 8.01. The molecule has 0 aromatic heterocycles. The van der Waals surface area contributed by atoms with Crippen LogP contribution in [-0.2, 0) is 4.74 Å². The van der Waals surface area contributed by atoms with Crippen LogP contribution in [0.25, 0.3) is 0 Å². The fourth-order valence-corrected chi connectivity index (χ4v) is 2.18. The summed E-state index contributed by atoms with van der Waals surface area (Å²) in [5.41, 5.74) is 2.00. The van der Waals surface area contributed by atoms with Gasteiger partial charge in [-0.05, 0) is 38.1 Å². The molecule has 3 N–H and O–H groups in total. The first-order valence-electron chi connectivity index (χ1n) is 7.09. The molecule has 0 bridgehead atoms. The minimum absolute atomic E-state index is 0.161. The molecule has 0 aliphatic carbocycles. The topological polar surface area (TPSA) is 62.4 Å². The minimum atomic E-state index is -0.161. The molecular weight excluding hydrogens is 254 g/mol. The molecule has 2 amide bonds. The highest BCUT2D eigenvalue weighted by Crippen LogP contribution is 2.15. The second-order valence-electron chi connectivity index (χ2n) is 5.20. The van der Waals surface area contributed by atoms with E-state index < -0.39 is 0 Å². The molecule has 1 saturated heterocycles. The van der Waals surface area contributed by atoms with Crippen LogP contribution in [0.4, 0.5) is 10.5 Å². The van der Waals surface area contributed by atoms with Crippen LogP contribution in [0.1, 0.15) is 24.9 Å². The van der Waals surface area contributed by atoms with E-state index in [1.165, 1.54) is 5.56 Å². The average Bonchev–Trinajstić information content (AvgIpc) is 2.98. The van der Waals surface area contributed by atoms with E-state index in [-0.39, 0.29) is 6.03 Å². The van der Waals surface area contributed by atoms with Crippen molar-refractivity contribution in [2.45, 2.75) is 19.4 Å². The summed E-state index contributed by atoms with van der Waals surface area (Å²) in [6.45, 7) is 4.31. The van der Waals surface area contributed by atoms with Gasteiger partial charge in [0.1, 0.15) is 0 Å². The Bertz CT molecular complexity index is 427. The molecule has 110 valence electrons. The maximum Gasteiger partial charge on any atom is 0.319 e. The van der Waals surface area contributed by atoms with Gasteiger partial charge in [-0.25, -0.2) is 4.79 Å². The SMILES string of the molecule is CNC(C)c1ccc(NC(=O)NCC2CCOC2)cc1. The third-order valence-corrected chi connectivity index (χ3v) is 3.68. The fraction of sp³-hybridized carbons (Fsp3) is 0.533. The molecule has 2 unspecified atom stereocenters. The van der Waals surface area contributed by atoms with Gasteiger partial charge in [-0.3, -0.25) is 0 Å². The van der Waals surface area contributed by atoms with Gasteiger partial charge in [0.05, 0.1) is 6.61 Å². The number of rotatable bonds is 5. The molecule has 20 heavy (non-hydrogen) atoms. The molecule has 1 fully saturated rings.